The highest BCUT2D eigenvalue weighted by Gasteiger charge is 2.11. The van der Waals surface area contributed by atoms with E-state index in [0.29, 0.717) is 12.1 Å². The molecule has 0 spiro atoms. The van der Waals surface area contributed by atoms with Crippen LogP contribution in [0, 0.1) is 11.3 Å². The van der Waals surface area contributed by atoms with Crippen molar-refractivity contribution in [1.82, 2.24) is 9.55 Å². The number of nitrogens with zero attached hydrogens (tertiary/aromatic N) is 3. The van der Waals surface area contributed by atoms with Gasteiger partial charge in [0.05, 0.1) is 29.2 Å². The minimum atomic E-state index is 0.632. The minimum Gasteiger partial charge on any atom is -0.356 e. The van der Waals surface area contributed by atoms with Gasteiger partial charge in [-0.1, -0.05) is 30.3 Å². The topological polar surface area (TPSA) is 53.6 Å². The summed E-state index contributed by atoms with van der Waals surface area (Å²) < 4.78 is 2.12. The molecule has 0 fully saturated rings. The molecule has 0 amide bonds. The first-order valence-corrected chi connectivity index (χ1v) is 7.00. The lowest BCUT2D eigenvalue weighted by Gasteiger charge is -2.11. The molecule has 0 unspecified atom stereocenters. The van der Waals surface area contributed by atoms with Gasteiger partial charge in [0.1, 0.15) is 0 Å². The second-order valence-electron chi connectivity index (χ2n) is 4.81. The summed E-state index contributed by atoms with van der Waals surface area (Å²) in [7, 11) is 0. The van der Waals surface area contributed by atoms with Crippen LogP contribution in [0.25, 0.3) is 11.0 Å². The Hall–Kier alpha value is -2.80. The van der Waals surface area contributed by atoms with Crippen LogP contribution in [0.2, 0.25) is 0 Å². The molecular formula is C17H16N4. The maximum atomic E-state index is 9.24. The Kier molecular flexibility index (Phi) is 3.57. The molecule has 104 valence electrons. The Morgan fingerprint density at radius 3 is 2.71 bits per heavy atom. The van der Waals surface area contributed by atoms with Crippen LogP contribution in [-0.4, -0.2) is 16.1 Å². The second-order valence-corrected chi connectivity index (χ2v) is 4.81. The van der Waals surface area contributed by atoms with Gasteiger partial charge in [0.25, 0.3) is 0 Å². The third-order valence-electron chi connectivity index (χ3n) is 3.46. The van der Waals surface area contributed by atoms with Crippen LogP contribution in [0.4, 0.5) is 5.95 Å². The molecule has 0 aliphatic carbocycles. The van der Waals surface area contributed by atoms with Crippen molar-refractivity contribution in [2.45, 2.75) is 13.5 Å². The SMILES string of the molecule is CCNc1nc2ccccc2n1Cc1ccccc1C#N. The first-order chi connectivity index (χ1) is 10.3. The molecule has 4 nitrogen and oxygen atoms in total. The Balaban J connectivity index is 2.11. The summed E-state index contributed by atoms with van der Waals surface area (Å²) in [6.07, 6.45) is 0. The van der Waals surface area contributed by atoms with Gasteiger partial charge >= 0.3 is 0 Å². The average molecular weight is 276 g/mol. The number of hydrogen-bond acceptors (Lipinski definition) is 3. The zero-order valence-corrected chi connectivity index (χ0v) is 11.9. The third kappa shape index (κ3) is 2.46. The molecule has 0 bridgehead atoms. The minimum absolute atomic E-state index is 0.632. The van der Waals surface area contributed by atoms with Crippen LogP contribution < -0.4 is 5.32 Å². The molecule has 0 aliphatic heterocycles. The second kappa shape index (κ2) is 5.68. The Bertz CT molecular complexity index is 811. The van der Waals surface area contributed by atoms with Crippen molar-refractivity contribution in [1.29, 1.82) is 5.26 Å². The van der Waals surface area contributed by atoms with E-state index in [2.05, 4.69) is 27.0 Å². The van der Waals surface area contributed by atoms with E-state index in [0.717, 1.165) is 29.1 Å². The van der Waals surface area contributed by atoms with E-state index >= 15 is 0 Å². The molecule has 21 heavy (non-hydrogen) atoms. The van der Waals surface area contributed by atoms with Crippen LogP contribution in [0.1, 0.15) is 18.1 Å². The fourth-order valence-electron chi connectivity index (χ4n) is 2.47. The number of aromatic nitrogens is 2. The van der Waals surface area contributed by atoms with Crippen molar-refractivity contribution in [2.75, 3.05) is 11.9 Å². The summed E-state index contributed by atoms with van der Waals surface area (Å²) in [5.41, 5.74) is 3.74. The highest BCUT2D eigenvalue weighted by Crippen LogP contribution is 2.22. The number of rotatable bonds is 4. The van der Waals surface area contributed by atoms with Gasteiger partial charge in [0.15, 0.2) is 0 Å². The van der Waals surface area contributed by atoms with Crippen molar-refractivity contribution >= 4 is 17.0 Å². The number of imidazole rings is 1. The number of para-hydroxylation sites is 2. The highest BCUT2D eigenvalue weighted by molar-refractivity contribution is 5.78. The Morgan fingerprint density at radius 1 is 1.14 bits per heavy atom. The van der Waals surface area contributed by atoms with E-state index in [4.69, 9.17) is 0 Å². The van der Waals surface area contributed by atoms with E-state index in [1.165, 1.54) is 0 Å². The van der Waals surface area contributed by atoms with Gasteiger partial charge in [-0.2, -0.15) is 5.26 Å². The molecule has 0 atom stereocenters. The molecule has 1 N–H and O–H groups in total. The van der Waals surface area contributed by atoms with Crippen LogP contribution in [0.3, 0.4) is 0 Å². The molecule has 3 aromatic rings. The third-order valence-corrected chi connectivity index (χ3v) is 3.46. The number of fused-ring (bicyclic) bond motifs is 1. The van der Waals surface area contributed by atoms with Crippen molar-refractivity contribution < 1.29 is 0 Å². The number of benzene rings is 2. The van der Waals surface area contributed by atoms with Crippen LogP contribution >= 0.6 is 0 Å². The van der Waals surface area contributed by atoms with Gasteiger partial charge in [-0.25, -0.2) is 4.98 Å². The predicted molar refractivity (Wildman–Crippen MR) is 84.2 cm³/mol. The maximum Gasteiger partial charge on any atom is 0.204 e. The van der Waals surface area contributed by atoms with Crippen molar-refractivity contribution in [2.24, 2.45) is 0 Å². The summed E-state index contributed by atoms with van der Waals surface area (Å²) in [5.74, 6) is 0.839. The zero-order valence-electron chi connectivity index (χ0n) is 11.9. The summed E-state index contributed by atoms with van der Waals surface area (Å²) in [4.78, 5) is 4.62. The normalized spacial score (nSPS) is 10.5. The molecule has 0 saturated heterocycles. The van der Waals surface area contributed by atoms with E-state index < -0.39 is 0 Å². The molecule has 0 radical (unpaired) electrons. The summed E-state index contributed by atoms with van der Waals surface area (Å²) in [5, 5.41) is 12.5. The van der Waals surface area contributed by atoms with Gasteiger partial charge in [-0.05, 0) is 30.7 Å². The van der Waals surface area contributed by atoms with Crippen molar-refractivity contribution in [3.05, 3.63) is 59.7 Å². The monoisotopic (exact) mass is 276 g/mol. The average Bonchev–Trinajstić information content (AvgIpc) is 2.86. The number of anilines is 1. The van der Waals surface area contributed by atoms with Crippen LogP contribution in [-0.2, 0) is 6.54 Å². The lowest BCUT2D eigenvalue weighted by Crippen LogP contribution is -2.08. The number of nitriles is 1. The van der Waals surface area contributed by atoms with E-state index in [1.54, 1.807) is 0 Å². The van der Waals surface area contributed by atoms with Gasteiger partial charge in [0.2, 0.25) is 5.95 Å². The molecule has 0 aliphatic rings. The zero-order chi connectivity index (χ0) is 14.7. The molecule has 3 rings (SSSR count). The van der Waals surface area contributed by atoms with Gasteiger partial charge < -0.3 is 9.88 Å². The Morgan fingerprint density at radius 2 is 1.90 bits per heavy atom. The van der Waals surface area contributed by atoms with Crippen molar-refractivity contribution in [3.8, 4) is 6.07 Å². The lowest BCUT2D eigenvalue weighted by atomic mass is 10.1. The van der Waals surface area contributed by atoms with Gasteiger partial charge in [-0.15, -0.1) is 0 Å². The van der Waals surface area contributed by atoms with E-state index in [1.807, 2.05) is 49.4 Å². The summed E-state index contributed by atoms with van der Waals surface area (Å²) in [6.45, 7) is 3.49. The molecular weight excluding hydrogens is 260 g/mol. The number of hydrogen-bond donors (Lipinski definition) is 1. The standard InChI is InChI=1S/C17H16N4/c1-2-19-17-20-15-9-5-6-10-16(15)21(17)12-14-8-4-3-7-13(14)11-18/h3-10H,2,12H2,1H3,(H,19,20). The van der Waals surface area contributed by atoms with Crippen LogP contribution in [0.15, 0.2) is 48.5 Å². The van der Waals surface area contributed by atoms with E-state index in [9.17, 15) is 5.26 Å². The smallest absolute Gasteiger partial charge is 0.204 e. The maximum absolute atomic E-state index is 9.24. The van der Waals surface area contributed by atoms with Crippen molar-refractivity contribution in [3.63, 3.8) is 0 Å². The quantitative estimate of drug-likeness (QED) is 0.794. The Labute approximate surface area is 123 Å². The first kappa shape index (κ1) is 13.2. The summed E-state index contributed by atoms with van der Waals surface area (Å²) >= 11 is 0. The molecule has 2 aromatic carbocycles. The molecule has 0 saturated carbocycles. The number of nitrogens with one attached hydrogen (secondary N) is 1. The predicted octanol–water partition coefficient (Wildman–Crippen LogP) is 3.39. The van der Waals surface area contributed by atoms with Crippen LogP contribution in [0.5, 0.6) is 0 Å². The van der Waals surface area contributed by atoms with E-state index in [-0.39, 0.29) is 0 Å². The lowest BCUT2D eigenvalue weighted by molar-refractivity contribution is 0.823. The largest absolute Gasteiger partial charge is 0.356 e. The molecule has 1 aromatic heterocycles. The molecule has 4 heteroatoms. The fraction of sp³-hybridized carbons (Fsp3) is 0.176. The fourth-order valence-corrected chi connectivity index (χ4v) is 2.47. The molecule has 1 heterocycles. The summed E-state index contributed by atoms with van der Waals surface area (Å²) in [6, 6.07) is 18.0. The van der Waals surface area contributed by atoms with Gasteiger partial charge in [-0.3, -0.25) is 0 Å². The highest BCUT2D eigenvalue weighted by atomic mass is 15.2. The first-order valence-electron chi connectivity index (χ1n) is 7.00. The van der Waals surface area contributed by atoms with Gasteiger partial charge in [0, 0.05) is 6.54 Å².